The first-order valence-electron chi connectivity index (χ1n) is 9.73. The molecule has 0 aliphatic carbocycles. The molecule has 2 heterocycles. The van der Waals surface area contributed by atoms with E-state index in [0.29, 0.717) is 10.5 Å². The Morgan fingerprint density at radius 3 is 2.34 bits per heavy atom. The van der Waals surface area contributed by atoms with Crippen molar-refractivity contribution in [3.63, 3.8) is 0 Å². The summed E-state index contributed by atoms with van der Waals surface area (Å²) in [5, 5.41) is 9.79. The zero-order valence-electron chi connectivity index (χ0n) is 17.7. The SMILES string of the molecule is Cc1cc(/C=C2/SC(=NC(C)C)N(C(C)C)C2=O)c(C)n1-c1ccc(C#N)cc1. The number of nitrogens with zero attached hydrogens (tertiary/aromatic N) is 4. The average Bonchev–Trinajstić information content (AvgIpc) is 3.10. The summed E-state index contributed by atoms with van der Waals surface area (Å²) in [7, 11) is 0. The Balaban J connectivity index is 2.01. The highest BCUT2D eigenvalue weighted by Crippen LogP contribution is 2.35. The van der Waals surface area contributed by atoms with Crippen molar-refractivity contribution in [2.45, 2.75) is 53.6 Å². The summed E-state index contributed by atoms with van der Waals surface area (Å²) in [6.07, 6.45) is 1.97. The normalized spacial score (nSPS) is 17.2. The minimum Gasteiger partial charge on any atom is -0.318 e. The van der Waals surface area contributed by atoms with E-state index in [2.05, 4.69) is 21.7 Å². The van der Waals surface area contributed by atoms with Crippen LogP contribution < -0.4 is 0 Å². The Morgan fingerprint density at radius 1 is 1.14 bits per heavy atom. The van der Waals surface area contributed by atoms with Crippen LogP contribution >= 0.6 is 11.8 Å². The Morgan fingerprint density at radius 2 is 1.79 bits per heavy atom. The fraction of sp³-hybridized carbons (Fsp3) is 0.348. The third-order valence-corrected chi connectivity index (χ3v) is 5.73. The van der Waals surface area contributed by atoms with E-state index in [1.165, 1.54) is 11.8 Å². The molecule has 29 heavy (non-hydrogen) atoms. The van der Waals surface area contributed by atoms with Gasteiger partial charge in [0.2, 0.25) is 0 Å². The van der Waals surface area contributed by atoms with Crippen LogP contribution in [-0.2, 0) is 4.79 Å². The lowest BCUT2D eigenvalue weighted by Gasteiger charge is -2.20. The number of hydrogen-bond acceptors (Lipinski definition) is 4. The van der Waals surface area contributed by atoms with Crippen LogP contribution in [-0.4, -0.2) is 32.6 Å². The van der Waals surface area contributed by atoms with Gasteiger partial charge in [-0.3, -0.25) is 14.7 Å². The Labute approximate surface area is 176 Å². The van der Waals surface area contributed by atoms with Crippen molar-refractivity contribution < 1.29 is 4.79 Å². The summed E-state index contributed by atoms with van der Waals surface area (Å²) >= 11 is 1.45. The number of thioether (sulfide) groups is 1. The maximum absolute atomic E-state index is 13.0. The van der Waals surface area contributed by atoms with Crippen LogP contribution in [0.25, 0.3) is 11.8 Å². The second kappa shape index (κ2) is 8.30. The Bertz CT molecular complexity index is 1040. The van der Waals surface area contributed by atoms with E-state index in [9.17, 15) is 4.79 Å². The van der Waals surface area contributed by atoms with E-state index >= 15 is 0 Å². The molecule has 0 N–H and O–H groups in total. The molecule has 1 aromatic heterocycles. The van der Waals surface area contributed by atoms with Crippen LogP contribution in [0.1, 0.15) is 50.2 Å². The molecule has 0 bridgehead atoms. The van der Waals surface area contributed by atoms with Gasteiger partial charge in [-0.25, -0.2) is 0 Å². The van der Waals surface area contributed by atoms with E-state index in [1.807, 2.05) is 71.9 Å². The van der Waals surface area contributed by atoms with Crippen molar-refractivity contribution in [2.24, 2.45) is 4.99 Å². The van der Waals surface area contributed by atoms with E-state index < -0.39 is 0 Å². The standard InChI is InChI=1S/C23H26N4OS/c1-14(2)25-23-26(15(3)4)22(28)21(29-23)12-19-11-16(5)27(17(19)6)20-9-7-18(13-24)8-10-20/h7-12,14-15H,1-6H3/b21-12+,25-23?. The number of hydrogen-bond donors (Lipinski definition) is 0. The van der Waals surface area contributed by atoms with Gasteiger partial charge in [0.25, 0.3) is 5.91 Å². The summed E-state index contributed by atoms with van der Waals surface area (Å²) in [6.45, 7) is 12.1. The van der Waals surface area contributed by atoms with Gasteiger partial charge in [-0.2, -0.15) is 5.26 Å². The third-order valence-electron chi connectivity index (χ3n) is 4.73. The first-order valence-corrected chi connectivity index (χ1v) is 10.5. The zero-order valence-corrected chi connectivity index (χ0v) is 18.5. The highest BCUT2D eigenvalue weighted by atomic mass is 32.2. The average molecular weight is 407 g/mol. The molecule has 1 aliphatic heterocycles. The van der Waals surface area contributed by atoms with E-state index in [1.54, 1.807) is 4.90 Å². The lowest BCUT2D eigenvalue weighted by atomic mass is 10.2. The molecule has 5 nitrogen and oxygen atoms in total. The molecule has 1 aliphatic rings. The molecular weight excluding hydrogens is 380 g/mol. The molecule has 0 saturated carbocycles. The van der Waals surface area contributed by atoms with Gasteiger partial charge in [0.1, 0.15) is 0 Å². The monoisotopic (exact) mass is 406 g/mol. The number of nitriles is 1. The van der Waals surface area contributed by atoms with E-state index in [-0.39, 0.29) is 18.0 Å². The summed E-state index contributed by atoms with van der Waals surface area (Å²) in [5.41, 5.74) is 4.78. The first kappa shape index (κ1) is 20.9. The van der Waals surface area contributed by atoms with Crippen molar-refractivity contribution in [1.29, 1.82) is 5.26 Å². The van der Waals surface area contributed by atoms with Gasteiger partial charge in [-0.05, 0) is 95.3 Å². The topological polar surface area (TPSA) is 61.4 Å². The predicted octanol–water partition coefficient (Wildman–Crippen LogP) is 5.05. The number of benzene rings is 1. The summed E-state index contributed by atoms with van der Waals surface area (Å²) < 4.78 is 2.14. The Hall–Kier alpha value is -2.78. The van der Waals surface area contributed by atoms with Crippen molar-refractivity contribution in [3.05, 3.63) is 57.8 Å². The number of amides is 1. The summed E-state index contributed by atoms with van der Waals surface area (Å²) in [6, 6.07) is 12.0. The highest BCUT2D eigenvalue weighted by Gasteiger charge is 2.35. The molecule has 3 rings (SSSR count). The maximum atomic E-state index is 13.0. The van der Waals surface area contributed by atoms with Crippen molar-refractivity contribution in [1.82, 2.24) is 9.47 Å². The molecule has 6 heteroatoms. The molecular formula is C23H26N4OS. The molecule has 1 saturated heterocycles. The van der Waals surface area contributed by atoms with Crippen LogP contribution in [0.4, 0.5) is 0 Å². The number of aliphatic imine (C=N–C) groups is 1. The van der Waals surface area contributed by atoms with Gasteiger partial charge < -0.3 is 4.57 Å². The van der Waals surface area contributed by atoms with Crippen molar-refractivity contribution >= 4 is 28.9 Å². The number of amidine groups is 1. The molecule has 1 aromatic carbocycles. The number of aryl methyl sites for hydroxylation is 1. The number of rotatable bonds is 4. The second-order valence-corrected chi connectivity index (χ2v) is 8.71. The number of carbonyl (C=O) groups is 1. The quantitative estimate of drug-likeness (QED) is 0.667. The predicted molar refractivity (Wildman–Crippen MR) is 120 cm³/mol. The fourth-order valence-corrected chi connectivity index (χ4v) is 4.63. The van der Waals surface area contributed by atoms with Gasteiger partial charge >= 0.3 is 0 Å². The maximum Gasteiger partial charge on any atom is 0.266 e. The van der Waals surface area contributed by atoms with E-state index in [0.717, 1.165) is 27.8 Å². The lowest BCUT2D eigenvalue weighted by Crippen LogP contribution is -2.35. The largest absolute Gasteiger partial charge is 0.318 e. The van der Waals surface area contributed by atoms with Gasteiger partial charge in [0.05, 0.1) is 16.5 Å². The fourth-order valence-electron chi connectivity index (χ4n) is 3.41. The van der Waals surface area contributed by atoms with Gasteiger partial charge in [0.15, 0.2) is 5.17 Å². The summed E-state index contributed by atoms with van der Waals surface area (Å²) in [5.74, 6) is 0.00701. The van der Waals surface area contributed by atoms with Crippen molar-refractivity contribution in [3.8, 4) is 11.8 Å². The molecule has 1 fully saturated rings. The molecule has 0 unspecified atom stereocenters. The zero-order chi connectivity index (χ0) is 21.3. The Kier molecular flexibility index (Phi) is 5.99. The molecule has 0 atom stereocenters. The minimum absolute atomic E-state index is 0.00701. The van der Waals surface area contributed by atoms with E-state index in [4.69, 9.17) is 5.26 Å². The van der Waals surface area contributed by atoms with Gasteiger partial charge in [-0.1, -0.05) is 0 Å². The highest BCUT2D eigenvalue weighted by molar-refractivity contribution is 8.18. The number of aromatic nitrogens is 1. The van der Waals surface area contributed by atoms with Crippen LogP contribution in [0, 0.1) is 25.2 Å². The lowest BCUT2D eigenvalue weighted by molar-refractivity contribution is -0.123. The minimum atomic E-state index is 0.00701. The van der Waals surface area contributed by atoms with Gasteiger partial charge in [-0.15, -0.1) is 0 Å². The number of carbonyl (C=O) groups excluding carboxylic acids is 1. The van der Waals surface area contributed by atoms with Gasteiger partial charge in [0, 0.05) is 29.2 Å². The van der Waals surface area contributed by atoms with Crippen molar-refractivity contribution in [2.75, 3.05) is 0 Å². The molecule has 0 radical (unpaired) electrons. The second-order valence-electron chi connectivity index (χ2n) is 7.71. The molecule has 2 aromatic rings. The third kappa shape index (κ3) is 4.15. The smallest absolute Gasteiger partial charge is 0.266 e. The molecule has 1 amide bonds. The van der Waals surface area contributed by atoms with Crippen LogP contribution in [0.2, 0.25) is 0 Å². The van der Waals surface area contributed by atoms with Crippen LogP contribution in [0.3, 0.4) is 0 Å². The molecule has 150 valence electrons. The van der Waals surface area contributed by atoms with Crippen LogP contribution in [0.15, 0.2) is 40.2 Å². The first-order chi connectivity index (χ1) is 13.7. The van der Waals surface area contributed by atoms with Crippen LogP contribution in [0.5, 0.6) is 0 Å². The summed E-state index contributed by atoms with van der Waals surface area (Å²) in [4.78, 5) is 20.1. The molecule has 0 spiro atoms.